The van der Waals surface area contributed by atoms with Crippen molar-refractivity contribution in [1.82, 2.24) is 9.38 Å². The maximum atomic E-state index is 13.4. The van der Waals surface area contributed by atoms with Crippen LogP contribution in [0.15, 0.2) is 22.9 Å². The summed E-state index contributed by atoms with van der Waals surface area (Å²) < 4.78 is 15.8. The van der Waals surface area contributed by atoms with Crippen LogP contribution >= 0.6 is 15.9 Å². The number of aromatic nitrogens is 2. The zero-order valence-electron chi connectivity index (χ0n) is 7.96. The van der Waals surface area contributed by atoms with Crippen LogP contribution in [0, 0.1) is 5.82 Å². The molecule has 2 rings (SSSR count). The van der Waals surface area contributed by atoms with Gasteiger partial charge in [0.15, 0.2) is 11.5 Å². The van der Waals surface area contributed by atoms with Gasteiger partial charge in [-0.15, -0.1) is 0 Å². The van der Waals surface area contributed by atoms with Gasteiger partial charge in [0.05, 0.1) is 5.69 Å². The predicted molar refractivity (Wildman–Crippen MR) is 56.9 cm³/mol. The van der Waals surface area contributed by atoms with E-state index in [1.165, 1.54) is 6.07 Å². The molecule has 0 aliphatic heterocycles. The van der Waals surface area contributed by atoms with Crippen molar-refractivity contribution in [2.24, 2.45) is 0 Å². The minimum absolute atomic E-state index is 0.300. The minimum Gasteiger partial charge on any atom is -0.303 e. The van der Waals surface area contributed by atoms with Crippen molar-refractivity contribution in [1.29, 1.82) is 0 Å². The number of fused-ring (bicyclic) bond motifs is 1. The van der Waals surface area contributed by atoms with E-state index in [-0.39, 0.29) is 5.82 Å². The molecule has 0 bridgehead atoms. The monoisotopic (exact) mass is 256 g/mol. The molecule has 4 heteroatoms. The van der Waals surface area contributed by atoms with Crippen LogP contribution in [-0.2, 0) is 0 Å². The van der Waals surface area contributed by atoms with Gasteiger partial charge in [0, 0.05) is 16.9 Å². The highest BCUT2D eigenvalue weighted by Crippen LogP contribution is 2.19. The van der Waals surface area contributed by atoms with Gasteiger partial charge in [0.2, 0.25) is 0 Å². The van der Waals surface area contributed by atoms with Gasteiger partial charge < -0.3 is 4.40 Å². The molecule has 0 aromatic carbocycles. The Morgan fingerprint density at radius 1 is 1.43 bits per heavy atom. The Hall–Kier alpha value is -0.900. The molecule has 0 spiro atoms. The van der Waals surface area contributed by atoms with Gasteiger partial charge in [-0.3, -0.25) is 0 Å². The van der Waals surface area contributed by atoms with Crippen LogP contribution in [0.1, 0.15) is 25.5 Å². The molecule has 0 aliphatic carbocycles. The first-order valence-corrected chi connectivity index (χ1v) is 5.21. The minimum atomic E-state index is -0.300. The lowest BCUT2D eigenvalue weighted by Gasteiger charge is -1.95. The Morgan fingerprint density at radius 3 is 2.79 bits per heavy atom. The fourth-order valence-electron chi connectivity index (χ4n) is 1.32. The third-order valence-corrected chi connectivity index (χ3v) is 2.52. The van der Waals surface area contributed by atoms with Gasteiger partial charge in [0.1, 0.15) is 0 Å². The molecule has 0 unspecified atom stereocenters. The second-order valence-corrected chi connectivity index (χ2v) is 4.47. The summed E-state index contributed by atoms with van der Waals surface area (Å²) in [5.41, 5.74) is 1.29. The Balaban J connectivity index is 2.70. The van der Waals surface area contributed by atoms with E-state index in [1.807, 2.05) is 20.0 Å². The van der Waals surface area contributed by atoms with Gasteiger partial charge in [-0.2, -0.15) is 0 Å². The van der Waals surface area contributed by atoms with E-state index in [0.717, 1.165) is 10.2 Å². The molecular formula is C10H10BrFN2. The van der Waals surface area contributed by atoms with E-state index in [4.69, 9.17) is 0 Å². The Bertz CT molecular complexity index is 476. The van der Waals surface area contributed by atoms with Crippen LogP contribution in [0.25, 0.3) is 5.65 Å². The van der Waals surface area contributed by atoms with Gasteiger partial charge in [-0.1, -0.05) is 13.8 Å². The highest BCUT2D eigenvalue weighted by atomic mass is 79.9. The predicted octanol–water partition coefficient (Wildman–Crippen LogP) is 3.36. The highest BCUT2D eigenvalue weighted by molar-refractivity contribution is 9.10. The lowest BCUT2D eigenvalue weighted by molar-refractivity contribution is 0.628. The zero-order chi connectivity index (χ0) is 10.3. The summed E-state index contributed by atoms with van der Waals surface area (Å²) in [5.74, 6) is 0.0133. The molecule has 0 saturated heterocycles. The standard InChI is InChI=1S/C10H10BrFN2/c1-6(2)9-5-14-4-7(11)3-8(12)10(14)13-9/h3-6H,1-2H3. The Labute approximate surface area is 89.9 Å². The van der Waals surface area contributed by atoms with E-state index in [1.54, 1.807) is 10.6 Å². The molecule has 2 heterocycles. The van der Waals surface area contributed by atoms with E-state index in [2.05, 4.69) is 20.9 Å². The van der Waals surface area contributed by atoms with Crippen molar-refractivity contribution in [2.75, 3.05) is 0 Å². The second kappa shape index (κ2) is 3.35. The average Bonchev–Trinajstić information content (AvgIpc) is 2.47. The summed E-state index contributed by atoms with van der Waals surface area (Å²) in [6.07, 6.45) is 3.66. The van der Waals surface area contributed by atoms with Crippen LogP contribution in [0.2, 0.25) is 0 Å². The smallest absolute Gasteiger partial charge is 0.173 e. The molecule has 2 nitrogen and oxygen atoms in total. The molecule has 0 atom stereocenters. The summed E-state index contributed by atoms with van der Waals surface area (Å²) in [6, 6.07) is 1.42. The largest absolute Gasteiger partial charge is 0.303 e. The first-order chi connectivity index (χ1) is 6.58. The molecule has 0 N–H and O–H groups in total. The van der Waals surface area contributed by atoms with Crippen molar-refractivity contribution in [3.63, 3.8) is 0 Å². The zero-order valence-corrected chi connectivity index (χ0v) is 9.55. The van der Waals surface area contributed by atoms with Crippen LogP contribution in [0.4, 0.5) is 4.39 Å². The second-order valence-electron chi connectivity index (χ2n) is 3.56. The summed E-state index contributed by atoms with van der Waals surface area (Å²) in [7, 11) is 0. The average molecular weight is 257 g/mol. The quantitative estimate of drug-likeness (QED) is 0.765. The summed E-state index contributed by atoms with van der Waals surface area (Å²) in [5, 5.41) is 0. The number of imidazole rings is 1. The third kappa shape index (κ3) is 1.54. The molecule has 0 amide bonds. The number of hydrogen-bond acceptors (Lipinski definition) is 1. The molecule has 0 aliphatic rings. The highest BCUT2D eigenvalue weighted by Gasteiger charge is 2.09. The Morgan fingerprint density at radius 2 is 2.14 bits per heavy atom. The normalized spacial score (nSPS) is 11.5. The van der Waals surface area contributed by atoms with Gasteiger partial charge in [-0.05, 0) is 27.9 Å². The number of hydrogen-bond donors (Lipinski definition) is 0. The molecule has 2 aromatic heterocycles. The van der Waals surface area contributed by atoms with Crippen LogP contribution in [0.3, 0.4) is 0 Å². The van der Waals surface area contributed by atoms with E-state index in [9.17, 15) is 4.39 Å². The lowest BCUT2D eigenvalue weighted by atomic mass is 10.2. The van der Waals surface area contributed by atoms with Gasteiger partial charge >= 0.3 is 0 Å². The molecule has 74 valence electrons. The van der Waals surface area contributed by atoms with Crippen LogP contribution < -0.4 is 0 Å². The molecule has 0 radical (unpaired) electrons. The van der Waals surface area contributed by atoms with Crippen LogP contribution in [-0.4, -0.2) is 9.38 Å². The van der Waals surface area contributed by atoms with Crippen molar-refractivity contribution >= 4 is 21.6 Å². The van der Waals surface area contributed by atoms with Gasteiger partial charge in [0.25, 0.3) is 0 Å². The number of halogens is 2. The van der Waals surface area contributed by atoms with Crippen molar-refractivity contribution in [3.8, 4) is 0 Å². The summed E-state index contributed by atoms with van der Waals surface area (Å²) in [6.45, 7) is 4.07. The molecular weight excluding hydrogens is 247 g/mol. The maximum absolute atomic E-state index is 13.4. The first-order valence-electron chi connectivity index (χ1n) is 4.41. The van der Waals surface area contributed by atoms with Crippen LogP contribution in [0.5, 0.6) is 0 Å². The molecule has 14 heavy (non-hydrogen) atoms. The van der Waals surface area contributed by atoms with Crippen molar-refractivity contribution in [3.05, 3.63) is 34.4 Å². The third-order valence-electron chi connectivity index (χ3n) is 2.08. The molecule has 0 saturated carbocycles. The molecule has 2 aromatic rings. The number of pyridine rings is 1. The van der Waals surface area contributed by atoms with Crippen molar-refractivity contribution < 1.29 is 4.39 Å². The summed E-state index contributed by atoms with van der Waals surface area (Å²) in [4.78, 5) is 4.22. The maximum Gasteiger partial charge on any atom is 0.173 e. The topological polar surface area (TPSA) is 17.3 Å². The first kappa shape index (κ1) is 9.65. The Kier molecular flexibility index (Phi) is 2.31. The van der Waals surface area contributed by atoms with E-state index >= 15 is 0 Å². The van der Waals surface area contributed by atoms with E-state index in [0.29, 0.717) is 11.6 Å². The molecule has 0 fully saturated rings. The summed E-state index contributed by atoms with van der Waals surface area (Å²) >= 11 is 3.24. The fraction of sp³-hybridized carbons (Fsp3) is 0.300. The van der Waals surface area contributed by atoms with Crippen molar-refractivity contribution in [2.45, 2.75) is 19.8 Å². The van der Waals surface area contributed by atoms with E-state index < -0.39 is 0 Å². The SMILES string of the molecule is CC(C)c1cn2cc(Br)cc(F)c2n1. The number of rotatable bonds is 1. The number of nitrogens with zero attached hydrogens (tertiary/aromatic N) is 2. The van der Waals surface area contributed by atoms with Gasteiger partial charge in [-0.25, -0.2) is 9.37 Å². The lowest BCUT2D eigenvalue weighted by Crippen LogP contribution is -1.87. The fourth-order valence-corrected chi connectivity index (χ4v) is 1.74.